The predicted molar refractivity (Wildman–Crippen MR) is 113 cm³/mol. The van der Waals surface area contributed by atoms with E-state index in [2.05, 4.69) is 22.7 Å². The van der Waals surface area contributed by atoms with Gasteiger partial charge in [0.2, 0.25) is 11.8 Å². The van der Waals surface area contributed by atoms with Crippen molar-refractivity contribution >= 4 is 23.4 Å². The molecular weight excluding hydrogens is 382 g/mol. The van der Waals surface area contributed by atoms with Gasteiger partial charge in [0.25, 0.3) is 5.91 Å². The molecule has 0 radical (unpaired) electrons. The van der Waals surface area contributed by atoms with Crippen LogP contribution in [0.1, 0.15) is 25.3 Å². The lowest BCUT2D eigenvalue weighted by atomic mass is 10.1. The Kier molecular flexibility index (Phi) is 5.79. The minimum absolute atomic E-state index is 0.0235. The van der Waals surface area contributed by atoms with Gasteiger partial charge in [-0.05, 0) is 37.0 Å². The number of aryl methyl sites for hydroxylation is 1. The van der Waals surface area contributed by atoms with Gasteiger partial charge in [0.1, 0.15) is 11.4 Å². The van der Waals surface area contributed by atoms with E-state index in [-0.39, 0.29) is 30.2 Å². The number of amides is 2. The first kappa shape index (κ1) is 19.7. The third-order valence-electron chi connectivity index (χ3n) is 4.85. The second-order valence-electron chi connectivity index (χ2n) is 7.26. The molecule has 4 rings (SSSR count). The molecule has 0 aliphatic heterocycles. The molecule has 3 aromatic rings. The van der Waals surface area contributed by atoms with Crippen molar-refractivity contribution in [3.63, 3.8) is 0 Å². The van der Waals surface area contributed by atoms with E-state index < -0.39 is 0 Å². The molecule has 1 heterocycles. The molecule has 1 saturated carbocycles. The van der Waals surface area contributed by atoms with Crippen LogP contribution >= 0.6 is 0 Å². The number of carbonyl (C=O) groups excluding carboxylic acids is 2. The van der Waals surface area contributed by atoms with Crippen LogP contribution < -0.4 is 15.4 Å². The SMILES string of the molecule is CCc1ccc(-c2cc(NC(=O)COc3cccc(NC(=O)C4CC4)c3)on2)cc1. The quantitative estimate of drug-likeness (QED) is 0.584. The minimum Gasteiger partial charge on any atom is -0.484 e. The molecule has 1 aliphatic rings. The van der Waals surface area contributed by atoms with Crippen molar-refractivity contribution in [2.45, 2.75) is 26.2 Å². The summed E-state index contributed by atoms with van der Waals surface area (Å²) in [5.74, 6) is 0.523. The molecular formula is C23H23N3O4. The van der Waals surface area contributed by atoms with E-state index >= 15 is 0 Å². The second-order valence-corrected chi connectivity index (χ2v) is 7.26. The zero-order chi connectivity index (χ0) is 20.9. The molecule has 2 N–H and O–H groups in total. The fourth-order valence-electron chi connectivity index (χ4n) is 2.96. The Hall–Kier alpha value is -3.61. The van der Waals surface area contributed by atoms with Gasteiger partial charge in [-0.2, -0.15) is 0 Å². The van der Waals surface area contributed by atoms with Crippen LogP contribution in [-0.4, -0.2) is 23.6 Å². The highest BCUT2D eigenvalue weighted by atomic mass is 16.5. The molecule has 0 unspecified atom stereocenters. The van der Waals surface area contributed by atoms with Crippen LogP contribution in [0, 0.1) is 5.92 Å². The lowest BCUT2D eigenvalue weighted by molar-refractivity contribution is -0.118. The van der Waals surface area contributed by atoms with Crippen LogP contribution in [0.15, 0.2) is 59.1 Å². The Morgan fingerprint density at radius 2 is 1.90 bits per heavy atom. The molecule has 1 aromatic heterocycles. The summed E-state index contributed by atoms with van der Waals surface area (Å²) in [4.78, 5) is 24.0. The lowest BCUT2D eigenvalue weighted by Gasteiger charge is -2.08. The topological polar surface area (TPSA) is 93.5 Å². The number of carbonyl (C=O) groups is 2. The van der Waals surface area contributed by atoms with E-state index in [0.717, 1.165) is 24.8 Å². The number of ether oxygens (including phenoxy) is 1. The smallest absolute Gasteiger partial charge is 0.264 e. The Morgan fingerprint density at radius 1 is 1.10 bits per heavy atom. The van der Waals surface area contributed by atoms with Crippen molar-refractivity contribution in [1.29, 1.82) is 0 Å². The maximum atomic E-state index is 12.2. The van der Waals surface area contributed by atoms with E-state index in [0.29, 0.717) is 17.1 Å². The number of rotatable bonds is 8. The summed E-state index contributed by atoms with van der Waals surface area (Å²) in [6, 6.07) is 16.7. The predicted octanol–water partition coefficient (Wildman–Crippen LogP) is 4.27. The maximum absolute atomic E-state index is 12.2. The molecule has 1 fully saturated rings. The number of hydrogen-bond acceptors (Lipinski definition) is 5. The number of hydrogen-bond donors (Lipinski definition) is 2. The van der Waals surface area contributed by atoms with E-state index in [1.807, 2.05) is 24.3 Å². The van der Waals surface area contributed by atoms with Crippen LogP contribution in [0.5, 0.6) is 5.75 Å². The lowest BCUT2D eigenvalue weighted by Crippen LogP contribution is -2.20. The zero-order valence-corrected chi connectivity index (χ0v) is 16.7. The highest BCUT2D eigenvalue weighted by molar-refractivity contribution is 5.94. The average Bonchev–Trinajstić information content (AvgIpc) is 3.52. The molecule has 0 saturated heterocycles. The van der Waals surface area contributed by atoms with E-state index in [1.54, 1.807) is 30.3 Å². The Balaban J connectivity index is 1.29. The summed E-state index contributed by atoms with van der Waals surface area (Å²) in [5.41, 5.74) is 3.45. The average molecular weight is 405 g/mol. The number of nitrogens with one attached hydrogen (secondary N) is 2. The van der Waals surface area contributed by atoms with E-state index in [4.69, 9.17) is 9.26 Å². The summed E-state index contributed by atoms with van der Waals surface area (Å²) >= 11 is 0. The van der Waals surface area contributed by atoms with E-state index in [9.17, 15) is 9.59 Å². The second kappa shape index (κ2) is 8.82. The first-order valence-electron chi connectivity index (χ1n) is 10.0. The molecule has 30 heavy (non-hydrogen) atoms. The van der Waals surface area contributed by atoms with Crippen LogP contribution in [0.25, 0.3) is 11.3 Å². The van der Waals surface area contributed by atoms with Gasteiger partial charge in [0.15, 0.2) is 6.61 Å². The summed E-state index contributed by atoms with van der Waals surface area (Å²) in [6.45, 7) is 1.91. The Labute approximate surface area is 174 Å². The van der Waals surface area contributed by atoms with Crippen molar-refractivity contribution < 1.29 is 18.8 Å². The highest BCUT2D eigenvalue weighted by Gasteiger charge is 2.29. The first-order valence-corrected chi connectivity index (χ1v) is 10.0. The minimum atomic E-state index is -0.369. The Bertz CT molecular complexity index is 1040. The van der Waals surface area contributed by atoms with Crippen LogP contribution in [0.4, 0.5) is 11.6 Å². The third kappa shape index (κ3) is 5.05. The molecule has 1 aliphatic carbocycles. The number of nitrogens with zero attached hydrogens (tertiary/aromatic N) is 1. The Morgan fingerprint density at radius 3 is 2.63 bits per heavy atom. The van der Waals surface area contributed by atoms with Crippen molar-refractivity contribution in [1.82, 2.24) is 5.16 Å². The van der Waals surface area contributed by atoms with Gasteiger partial charge in [-0.1, -0.05) is 42.4 Å². The molecule has 0 bridgehead atoms. The van der Waals surface area contributed by atoms with Crippen molar-refractivity contribution in [2.24, 2.45) is 5.92 Å². The number of benzene rings is 2. The normalized spacial score (nSPS) is 13.0. The van der Waals surface area contributed by atoms with Gasteiger partial charge in [-0.25, -0.2) is 0 Å². The molecule has 2 amide bonds. The van der Waals surface area contributed by atoms with Gasteiger partial charge in [-0.15, -0.1) is 0 Å². The van der Waals surface area contributed by atoms with Gasteiger partial charge in [0.05, 0.1) is 0 Å². The van der Waals surface area contributed by atoms with Gasteiger partial charge >= 0.3 is 0 Å². The van der Waals surface area contributed by atoms with Crippen molar-refractivity contribution in [3.05, 3.63) is 60.2 Å². The maximum Gasteiger partial charge on any atom is 0.264 e. The fourth-order valence-corrected chi connectivity index (χ4v) is 2.96. The standard InChI is InChI=1S/C23H23N3O4/c1-2-15-6-8-16(9-7-15)20-13-22(30-26-20)25-21(27)14-29-19-5-3-4-18(12-19)24-23(28)17-10-11-17/h3-9,12-13,17H,2,10-11,14H2,1H3,(H,24,28)(H,25,27). The van der Waals surface area contributed by atoms with Crippen LogP contribution in [0.3, 0.4) is 0 Å². The van der Waals surface area contributed by atoms with Crippen LogP contribution in [0.2, 0.25) is 0 Å². The third-order valence-corrected chi connectivity index (χ3v) is 4.85. The monoisotopic (exact) mass is 405 g/mol. The van der Waals surface area contributed by atoms with Crippen LogP contribution in [-0.2, 0) is 16.0 Å². The van der Waals surface area contributed by atoms with Gasteiger partial charge in [0, 0.05) is 29.3 Å². The molecule has 7 nitrogen and oxygen atoms in total. The van der Waals surface area contributed by atoms with E-state index in [1.165, 1.54) is 5.56 Å². The molecule has 0 atom stereocenters. The fraction of sp³-hybridized carbons (Fsp3) is 0.261. The summed E-state index contributed by atoms with van der Waals surface area (Å²) in [7, 11) is 0. The van der Waals surface area contributed by atoms with Crippen molar-refractivity contribution in [2.75, 3.05) is 17.2 Å². The molecule has 2 aromatic carbocycles. The number of anilines is 2. The first-order chi connectivity index (χ1) is 14.6. The summed E-state index contributed by atoms with van der Waals surface area (Å²) in [5, 5.41) is 9.49. The largest absolute Gasteiger partial charge is 0.484 e. The summed E-state index contributed by atoms with van der Waals surface area (Å²) < 4.78 is 10.7. The van der Waals surface area contributed by atoms with Crippen molar-refractivity contribution in [3.8, 4) is 17.0 Å². The molecule has 7 heteroatoms. The van der Waals surface area contributed by atoms with Gasteiger partial charge in [-0.3, -0.25) is 14.9 Å². The zero-order valence-electron chi connectivity index (χ0n) is 16.7. The molecule has 0 spiro atoms. The summed E-state index contributed by atoms with van der Waals surface area (Å²) in [6.07, 6.45) is 2.85. The highest BCUT2D eigenvalue weighted by Crippen LogP contribution is 2.30. The molecule has 154 valence electrons. The van der Waals surface area contributed by atoms with Gasteiger partial charge < -0.3 is 14.6 Å². The number of aromatic nitrogens is 1.